The van der Waals surface area contributed by atoms with Crippen LogP contribution in [0.4, 0.5) is 10.1 Å². The summed E-state index contributed by atoms with van der Waals surface area (Å²) in [6, 6.07) is 10.7. The third kappa shape index (κ3) is 6.00. The number of allylic oxidation sites excluding steroid dienone is 1. The first kappa shape index (κ1) is 23.1. The van der Waals surface area contributed by atoms with E-state index in [1.54, 1.807) is 36.4 Å². The lowest BCUT2D eigenvalue weighted by molar-refractivity contribution is -0.113. The van der Waals surface area contributed by atoms with Gasteiger partial charge in [0.15, 0.2) is 17.1 Å². The number of anilines is 1. The fourth-order valence-corrected chi connectivity index (χ4v) is 3.95. The van der Waals surface area contributed by atoms with E-state index in [1.165, 1.54) is 23.9 Å². The largest absolute Gasteiger partial charge is 0.483 e. The Kier molecular flexibility index (Phi) is 7.95. The summed E-state index contributed by atoms with van der Waals surface area (Å²) in [6.07, 6.45) is 1.24. The van der Waals surface area contributed by atoms with Crippen LogP contribution in [0.5, 0.6) is 5.75 Å². The number of hydrogen-bond donors (Lipinski definition) is 1. The number of halogens is 3. The van der Waals surface area contributed by atoms with Crippen molar-refractivity contribution in [3.05, 3.63) is 76.8 Å². The minimum atomic E-state index is -0.456. The number of amides is 1. The van der Waals surface area contributed by atoms with E-state index in [2.05, 4.69) is 22.1 Å². The van der Waals surface area contributed by atoms with E-state index in [9.17, 15) is 9.18 Å². The summed E-state index contributed by atoms with van der Waals surface area (Å²) in [7, 11) is 0. The van der Waals surface area contributed by atoms with E-state index in [1.807, 2.05) is 11.5 Å². The number of nitrogens with zero attached hydrogens (tertiary/aromatic N) is 3. The first-order chi connectivity index (χ1) is 14.9. The molecule has 3 aromatic rings. The highest BCUT2D eigenvalue weighted by Gasteiger charge is 2.20. The van der Waals surface area contributed by atoms with Crippen molar-refractivity contribution in [2.24, 2.45) is 0 Å². The van der Waals surface area contributed by atoms with Gasteiger partial charge in [-0.1, -0.05) is 47.1 Å². The van der Waals surface area contributed by atoms with Gasteiger partial charge in [-0.15, -0.1) is 16.8 Å². The number of hydrogen-bond acceptors (Lipinski definition) is 5. The van der Waals surface area contributed by atoms with E-state index < -0.39 is 6.10 Å². The van der Waals surface area contributed by atoms with Crippen molar-refractivity contribution >= 4 is 46.6 Å². The van der Waals surface area contributed by atoms with Gasteiger partial charge in [0.2, 0.25) is 5.91 Å². The molecule has 1 unspecified atom stereocenters. The maximum atomic E-state index is 13.1. The molecule has 0 bridgehead atoms. The molecular formula is C21H19Cl2FN4O2S. The summed E-state index contributed by atoms with van der Waals surface area (Å²) in [5.41, 5.74) is 0.367. The second-order valence-electron chi connectivity index (χ2n) is 6.39. The maximum absolute atomic E-state index is 13.1. The zero-order chi connectivity index (χ0) is 22.4. The fraction of sp³-hybridized carbons (Fsp3) is 0.190. The Balaban J connectivity index is 1.68. The second kappa shape index (κ2) is 10.7. The number of thioether (sulfide) groups is 1. The lowest BCUT2D eigenvalue weighted by Gasteiger charge is -2.15. The van der Waals surface area contributed by atoms with E-state index in [0.717, 1.165) is 0 Å². The zero-order valence-corrected chi connectivity index (χ0v) is 18.8. The highest BCUT2D eigenvalue weighted by molar-refractivity contribution is 7.99. The van der Waals surface area contributed by atoms with Crippen LogP contribution in [0.25, 0.3) is 0 Å². The number of carbonyl (C=O) groups excluding carboxylic acids is 1. The fourth-order valence-electron chi connectivity index (χ4n) is 2.70. The molecule has 31 heavy (non-hydrogen) atoms. The van der Waals surface area contributed by atoms with E-state index in [0.29, 0.717) is 39.0 Å². The minimum absolute atomic E-state index is 0.0734. The molecule has 0 radical (unpaired) electrons. The quantitative estimate of drug-likeness (QED) is 0.310. The molecule has 2 aromatic carbocycles. The Morgan fingerprint density at radius 2 is 1.94 bits per heavy atom. The molecule has 0 fully saturated rings. The van der Waals surface area contributed by atoms with Gasteiger partial charge in [-0.05, 0) is 43.3 Å². The van der Waals surface area contributed by atoms with Crippen LogP contribution in [0, 0.1) is 5.82 Å². The van der Waals surface area contributed by atoms with Gasteiger partial charge < -0.3 is 10.1 Å². The van der Waals surface area contributed by atoms with Crippen molar-refractivity contribution in [2.45, 2.75) is 24.7 Å². The molecule has 0 spiro atoms. The highest BCUT2D eigenvalue weighted by atomic mass is 35.5. The molecule has 0 saturated carbocycles. The SMILES string of the molecule is C=CCn1c(SCC(=O)Nc2c(Cl)cccc2Cl)nnc1C(C)Oc1ccc(F)cc1. The molecule has 1 N–H and O–H groups in total. The molecule has 0 aliphatic rings. The van der Waals surface area contributed by atoms with Crippen LogP contribution in [-0.2, 0) is 11.3 Å². The average molecular weight is 481 g/mol. The Bertz CT molecular complexity index is 1060. The molecule has 1 aromatic heterocycles. The van der Waals surface area contributed by atoms with E-state index >= 15 is 0 Å². The standard InChI is InChI=1S/C21H19Cl2FN4O2S/c1-3-11-28-20(13(2)30-15-9-7-14(24)8-10-15)26-27-21(28)31-12-18(29)25-19-16(22)5-4-6-17(19)23/h3-10,13H,1,11-12H2,2H3,(H,25,29). The summed E-state index contributed by atoms with van der Waals surface area (Å²) >= 11 is 13.4. The van der Waals surface area contributed by atoms with Crippen molar-refractivity contribution in [2.75, 3.05) is 11.1 Å². The van der Waals surface area contributed by atoms with Crippen LogP contribution < -0.4 is 10.1 Å². The Labute approximate surface area is 193 Å². The molecule has 162 valence electrons. The predicted molar refractivity (Wildman–Crippen MR) is 121 cm³/mol. The predicted octanol–water partition coefficient (Wildman–Crippen LogP) is 5.78. The number of aromatic nitrogens is 3. The number of carbonyl (C=O) groups is 1. The molecule has 1 atom stereocenters. The smallest absolute Gasteiger partial charge is 0.234 e. The summed E-state index contributed by atoms with van der Waals surface area (Å²) in [4.78, 5) is 12.4. The van der Waals surface area contributed by atoms with Gasteiger partial charge in [-0.2, -0.15) is 0 Å². The topological polar surface area (TPSA) is 69.0 Å². The van der Waals surface area contributed by atoms with Crippen LogP contribution >= 0.6 is 35.0 Å². The lowest BCUT2D eigenvalue weighted by atomic mass is 10.3. The van der Waals surface area contributed by atoms with Crippen LogP contribution in [0.1, 0.15) is 18.9 Å². The first-order valence-electron chi connectivity index (χ1n) is 9.22. The lowest BCUT2D eigenvalue weighted by Crippen LogP contribution is -2.16. The first-order valence-corrected chi connectivity index (χ1v) is 11.0. The number of ether oxygens (including phenoxy) is 1. The number of para-hydroxylation sites is 1. The van der Waals surface area contributed by atoms with Crippen LogP contribution in [0.2, 0.25) is 10.0 Å². The summed E-state index contributed by atoms with van der Waals surface area (Å²) in [5.74, 6) is 0.507. The molecule has 0 saturated heterocycles. The molecule has 0 aliphatic carbocycles. The molecule has 1 amide bonds. The maximum Gasteiger partial charge on any atom is 0.234 e. The summed E-state index contributed by atoms with van der Waals surface area (Å²) in [6.45, 7) is 6.01. The number of rotatable bonds is 9. The van der Waals surface area contributed by atoms with Gasteiger partial charge in [-0.3, -0.25) is 9.36 Å². The minimum Gasteiger partial charge on any atom is -0.483 e. The Morgan fingerprint density at radius 3 is 2.58 bits per heavy atom. The second-order valence-corrected chi connectivity index (χ2v) is 8.14. The third-order valence-electron chi connectivity index (χ3n) is 4.11. The van der Waals surface area contributed by atoms with Crippen molar-refractivity contribution < 1.29 is 13.9 Å². The highest BCUT2D eigenvalue weighted by Crippen LogP contribution is 2.30. The van der Waals surface area contributed by atoms with Gasteiger partial charge in [0.25, 0.3) is 0 Å². The molecule has 0 aliphatic heterocycles. The van der Waals surface area contributed by atoms with Crippen molar-refractivity contribution in [1.82, 2.24) is 14.8 Å². The Hall–Kier alpha value is -2.55. The van der Waals surface area contributed by atoms with Crippen LogP contribution in [-0.4, -0.2) is 26.4 Å². The zero-order valence-electron chi connectivity index (χ0n) is 16.5. The molecule has 1 heterocycles. The molecular weight excluding hydrogens is 462 g/mol. The monoisotopic (exact) mass is 480 g/mol. The number of nitrogens with one attached hydrogen (secondary N) is 1. The van der Waals surface area contributed by atoms with Crippen LogP contribution in [0.15, 0.2) is 60.3 Å². The van der Waals surface area contributed by atoms with Crippen molar-refractivity contribution in [3.63, 3.8) is 0 Å². The molecule has 10 heteroatoms. The van der Waals surface area contributed by atoms with Gasteiger partial charge >= 0.3 is 0 Å². The van der Waals surface area contributed by atoms with Crippen molar-refractivity contribution in [3.8, 4) is 5.75 Å². The average Bonchev–Trinajstić information content (AvgIpc) is 3.14. The van der Waals surface area contributed by atoms with Crippen molar-refractivity contribution in [1.29, 1.82) is 0 Å². The third-order valence-corrected chi connectivity index (χ3v) is 5.70. The number of benzene rings is 2. The Morgan fingerprint density at radius 1 is 1.26 bits per heavy atom. The van der Waals surface area contributed by atoms with Gasteiger partial charge in [0, 0.05) is 6.54 Å². The van der Waals surface area contributed by atoms with Crippen LogP contribution in [0.3, 0.4) is 0 Å². The molecule has 3 rings (SSSR count). The summed E-state index contributed by atoms with van der Waals surface area (Å²) in [5, 5.41) is 12.3. The van der Waals surface area contributed by atoms with E-state index in [4.69, 9.17) is 27.9 Å². The molecule has 6 nitrogen and oxygen atoms in total. The van der Waals surface area contributed by atoms with Gasteiger partial charge in [-0.25, -0.2) is 4.39 Å². The normalized spacial score (nSPS) is 11.7. The van der Waals surface area contributed by atoms with E-state index in [-0.39, 0.29) is 17.5 Å². The summed E-state index contributed by atoms with van der Waals surface area (Å²) < 4.78 is 20.8. The van der Waals surface area contributed by atoms with Gasteiger partial charge in [0.05, 0.1) is 21.5 Å². The van der Waals surface area contributed by atoms with Gasteiger partial charge in [0.1, 0.15) is 11.6 Å².